The van der Waals surface area contributed by atoms with E-state index < -0.39 is 12.1 Å². The summed E-state index contributed by atoms with van der Waals surface area (Å²) >= 11 is 5.49. The minimum atomic E-state index is -5.08. The number of rotatable bonds is 1. The van der Waals surface area contributed by atoms with Gasteiger partial charge in [-0.25, -0.2) is 4.79 Å². The van der Waals surface area contributed by atoms with Crippen LogP contribution in [0.5, 0.6) is 0 Å². The minimum absolute atomic E-state index is 0.409. The van der Waals surface area contributed by atoms with Gasteiger partial charge in [0.2, 0.25) is 0 Å². The summed E-state index contributed by atoms with van der Waals surface area (Å²) < 4.78 is 36.6. The Balaban J connectivity index is 0.000000265. The van der Waals surface area contributed by atoms with Crippen LogP contribution in [0.25, 0.3) is 0 Å². The number of furan rings is 1. The summed E-state index contributed by atoms with van der Waals surface area (Å²) in [6, 6.07) is 1.70. The van der Waals surface area contributed by atoms with Crippen molar-refractivity contribution in [2.45, 2.75) is 12.7 Å². The van der Waals surface area contributed by atoms with Crippen molar-refractivity contribution in [3.8, 4) is 0 Å². The molecular formula is C7H7ClF3NO3. The van der Waals surface area contributed by atoms with Crippen LogP contribution < -0.4 is 5.73 Å². The molecule has 8 heteroatoms. The first-order valence-electron chi connectivity index (χ1n) is 3.50. The lowest BCUT2D eigenvalue weighted by molar-refractivity contribution is -0.192. The van der Waals surface area contributed by atoms with Crippen LogP contribution >= 0.6 is 11.6 Å². The van der Waals surface area contributed by atoms with E-state index in [1.165, 1.54) is 6.26 Å². The average Bonchev–Trinajstić information content (AvgIpc) is 2.50. The average molecular weight is 246 g/mol. The molecule has 0 amide bonds. The van der Waals surface area contributed by atoms with E-state index in [-0.39, 0.29) is 0 Å². The zero-order chi connectivity index (χ0) is 12.1. The molecule has 0 unspecified atom stereocenters. The van der Waals surface area contributed by atoms with Crippen LogP contribution in [0.4, 0.5) is 13.2 Å². The summed E-state index contributed by atoms with van der Waals surface area (Å²) in [5, 5.41) is 7.73. The van der Waals surface area contributed by atoms with E-state index in [0.717, 1.165) is 5.76 Å². The molecule has 0 aliphatic heterocycles. The van der Waals surface area contributed by atoms with E-state index in [4.69, 9.17) is 31.7 Å². The maximum absolute atomic E-state index is 10.6. The number of hydrogen-bond donors (Lipinski definition) is 2. The summed E-state index contributed by atoms with van der Waals surface area (Å²) in [5.41, 5.74) is 5.21. The highest BCUT2D eigenvalue weighted by Crippen LogP contribution is 2.13. The van der Waals surface area contributed by atoms with Gasteiger partial charge in [0.15, 0.2) is 0 Å². The van der Waals surface area contributed by atoms with E-state index in [2.05, 4.69) is 0 Å². The standard InChI is InChI=1S/C5H6ClNO.C2HF3O2/c6-4-1-5(2-7)8-3-4;3-2(4,5)1(6)7/h1,3H,2,7H2;(H,6,7). The zero-order valence-electron chi connectivity index (χ0n) is 7.21. The van der Waals surface area contributed by atoms with Crippen molar-refractivity contribution < 1.29 is 27.5 Å². The van der Waals surface area contributed by atoms with Gasteiger partial charge in [0.05, 0.1) is 11.6 Å². The predicted octanol–water partition coefficient (Wildman–Crippen LogP) is 2.02. The van der Waals surface area contributed by atoms with E-state index in [9.17, 15) is 13.2 Å². The smallest absolute Gasteiger partial charge is 0.475 e. The van der Waals surface area contributed by atoms with Gasteiger partial charge in [-0.2, -0.15) is 13.2 Å². The Bertz CT molecular complexity index is 324. The van der Waals surface area contributed by atoms with Crippen molar-refractivity contribution in [1.82, 2.24) is 0 Å². The Morgan fingerprint density at radius 2 is 2.07 bits per heavy atom. The molecule has 0 aliphatic carbocycles. The number of nitrogens with two attached hydrogens (primary N) is 1. The van der Waals surface area contributed by atoms with Crippen LogP contribution in [0.15, 0.2) is 16.7 Å². The van der Waals surface area contributed by atoms with Gasteiger partial charge in [-0.1, -0.05) is 11.6 Å². The fraction of sp³-hybridized carbons (Fsp3) is 0.286. The highest BCUT2D eigenvalue weighted by Gasteiger charge is 2.38. The molecule has 1 rings (SSSR count). The maximum atomic E-state index is 10.6. The summed E-state index contributed by atoms with van der Waals surface area (Å²) in [6.45, 7) is 0.409. The van der Waals surface area contributed by atoms with Crippen LogP contribution in [-0.4, -0.2) is 17.3 Å². The van der Waals surface area contributed by atoms with Crippen molar-refractivity contribution in [2.24, 2.45) is 5.73 Å². The second-order valence-electron chi connectivity index (χ2n) is 2.24. The van der Waals surface area contributed by atoms with E-state index >= 15 is 0 Å². The maximum Gasteiger partial charge on any atom is 0.490 e. The first kappa shape index (κ1) is 13.8. The van der Waals surface area contributed by atoms with Crippen LogP contribution in [0.2, 0.25) is 5.02 Å². The Kier molecular flexibility index (Phi) is 5.16. The summed E-state index contributed by atoms with van der Waals surface area (Å²) in [5.74, 6) is -2.04. The molecule has 0 fully saturated rings. The third-order valence-electron chi connectivity index (χ3n) is 1.07. The molecule has 0 saturated heterocycles. The zero-order valence-corrected chi connectivity index (χ0v) is 7.97. The number of halogens is 4. The molecule has 0 aromatic carbocycles. The molecule has 0 atom stereocenters. The lowest BCUT2D eigenvalue weighted by Gasteiger charge is -1.93. The second-order valence-corrected chi connectivity index (χ2v) is 2.67. The SMILES string of the molecule is NCc1cc(Cl)co1.O=C(O)C(F)(F)F. The number of aliphatic carboxylic acids is 1. The van der Waals surface area contributed by atoms with Crippen molar-refractivity contribution in [3.05, 3.63) is 23.1 Å². The summed E-state index contributed by atoms with van der Waals surface area (Å²) in [4.78, 5) is 8.90. The molecule has 0 aliphatic rings. The first-order valence-corrected chi connectivity index (χ1v) is 3.88. The number of carboxylic acid groups (broad SMARTS) is 1. The van der Waals surface area contributed by atoms with Crippen LogP contribution in [0.3, 0.4) is 0 Å². The normalized spacial score (nSPS) is 10.5. The van der Waals surface area contributed by atoms with Gasteiger partial charge in [-0.3, -0.25) is 0 Å². The fourth-order valence-corrected chi connectivity index (χ4v) is 0.627. The van der Waals surface area contributed by atoms with Crippen LogP contribution in [0.1, 0.15) is 5.76 Å². The molecule has 3 N–H and O–H groups in total. The fourth-order valence-electron chi connectivity index (χ4n) is 0.461. The first-order chi connectivity index (χ1) is 6.77. The van der Waals surface area contributed by atoms with Gasteiger partial charge in [0.1, 0.15) is 12.0 Å². The van der Waals surface area contributed by atoms with Gasteiger partial charge in [0, 0.05) is 0 Å². The Morgan fingerprint density at radius 1 is 1.60 bits per heavy atom. The molecule has 0 bridgehead atoms. The molecule has 15 heavy (non-hydrogen) atoms. The monoisotopic (exact) mass is 245 g/mol. The number of alkyl halides is 3. The van der Waals surface area contributed by atoms with E-state index in [0.29, 0.717) is 11.6 Å². The van der Waals surface area contributed by atoms with Crippen LogP contribution in [0, 0.1) is 0 Å². The van der Waals surface area contributed by atoms with Gasteiger partial charge in [-0.05, 0) is 6.07 Å². The van der Waals surface area contributed by atoms with E-state index in [1.807, 2.05) is 0 Å². The molecule has 86 valence electrons. The van der Waals surface area contributed by atoms with Crippen LogP contribution in [-0.2, 0) is 11.3 Å². The van der Waals surface area contributed by atoms with Crippen molar-refractivity contribution in [2.75, 3.05) is 0 Å². The lowest BCUT2D eigenvalue weighted by atomic mass is 10.5. The molecule has 4 nitrogen and oxygen atoms in total. The minimum Gasteiger partial charge on any atom is -0.475 e. The largest absolute Gasteiger partial charge is 0.490 e. The van der Waals surface area contributed by atoms with Gasteiger partial charge < -0.3 is 15.3 Å². The molecule has 0 saturated carbocycles. The molecule has 0 radical (unpaired) electrons. The molecule has 1 heterocycles. The second kappa shape index (κ2) is 5.62. The summed E-state index contributed by atoms with van der Waals surface area (Å²) in [6.07, 6.45) is -3.62. The number of carbonyl (C=O) groups is 1. The van der Waals surface area contributed by atoms with Gasteiger partial charge >= 0.3 is 12.1 Å². The quantitative estimate of drug-likeness (QED) is 0.794. The molecule has 1 aromatic heterocycles. The lowest BCUT2D eigenvalue weighted by Crippen LogP contribution is -2.21. The third kappa shape index (κ3) is 5.97. The number of carboxylic acids is 1. The summed E-state index contributed by atoms with van der Waals surface area (Å²) in [7, 11) is 0. The highest BCUT2D eigenvalue weighted by atomic mass is 35.5. The van der Waals surface area contributed by atoms with E-state index in [1.54, 1.807) is 6.07 Å². The molecule has 1 aromatic rings. The van der Waals surface area contributed by atoms with Gasteiger partial charge in [-0.15, -0.1) is 0 Å². The molecular weight excluding hydrogens is 239 g/mol. The topological polar surface area (TPSA) is 76.5 Å². The third-order valence-corrected chi connectivity index (χ3v) is 1.26. The van der Waals surface area contributed by atoms with Gasteiger partial charge in [0.25, 0.3) is 0 Å². The predicted molar refractivity (Wildman–Crippen MR) is 45.3 cm³/mol. The molecule has 0 spiro atoms. The Morgan fingerprint density at radius 3 is 2.20 bits per heavy atom. The van der Waals surface area contributed by atoms with Crippen molar-refractivity contribution in [1.29, 1.82) is 0 Å². The Labute approximate surface area is 87.4 Å². The van der Waals surface area contributed by atoms with Crippen molar-refractivity contribution in [3.63, 3.8) is 0 Å². The number of hydrogen-bond acceptors (Lipinski definition) is 3. The van der Waals surface area contributed by atoms with Crippen molar-refractivity contribution >= 4 is 17.6 Å². The Hall–Kier alpha value is -1.21. The highest BCUT2D eigenvalue weighted by molar-refractivity contribution is 6.30.